The summed E-state index contributed by atoms with van der Waals surface area (Å²) in [5.74, 6) is 0. The number of ether oxygens (including phenoxy) is 1. The minimum atomic E-state index is 0.347. The first-order valence-electron chi connectivity index (χ1n) is 8.02. The summed E-state index contributed by atoms with van der Waals surface area (Å²) < 4.78 is 5.77. The second kappa shape index (κ2) is 6.94. The van der Waals surface area contributed by atoms with Gasteiger partial charge in [0.15, 0.2) is 0 Å². The average Bonchev–Trinajstić information content (AvgIpc) is 3.20. The number of aromatic amines is 1. The third-order valence-corrected chi connectivity index (χ3v) is 5.54. The molecule has 1 saturated heterocycles. The zero-order chi connectivity index (χ0) is 15.5. The maximum absolute atomic E-state index is 5.77. The van der Waals surface area contributed by atoms with Gasteiger partial charge in [-0.15, -0.1) is 11.3 Å². The van der Waals surface area contributed by atoms with Crippen molar-refractivity contribution in [2.75, 3.05) is 20.2 Å². The van der Waals surface area contributed by atoms with Crippen molar-refractivity contribution in [3.63, 3.8) is 0 Å². The van der Waals surface area contributed by atoms with E-state index < -0.39 is 0 Å². The summed E-state index contributed by atoms with van der Waals surface area (Å²) in [6.45, 7) is 7.15. The van der Waals surface area contributed by atoms with Crippen molar-refractivity contribution in [3.8, 4) is 0 Å². The number of thiophene rings is 1. The average molecular weight is 319 g/mol. The van der Waals surface area contributed by atoms with Gasteiger partial charge in [-0.2, -0.15) is 5.10 Å². The van der Waals surface area contributed by atoms with Gasteiger partial charge in [-0.1, -0.05) is 0 Å². The van der Waals surface area contributed by atoms with Crippen LogP contribution in [0.3, 0.4) is 0 Å². The summed E-state index contributed by atoms with van der Waals surface area (Å²) in [6, 6.07) is 4.50. The molecule has 1 aliphatic rings. The molecule has 1 atom stereocenters. The van der Waals surface area contributed by atoms with Gasteiger partial charge in [-0.3, -0.25) is 5.10 Å². The third kappa shape index (κ3) is 3.59. The number of aromatic nitrogens is 2. The van der Waals surface area contributed by atoms with Gasteiger partial charge in [0.25, 0.3) is 0 Å². The second-order valence-electron chi connectivity index (χ2n) is 6.21. The van der Waals surface area contributed by atoms with Gasteiger partial charge in [0.2, 0.25) is 0 Å². The Hall–Kier alpha value is -1.17. The van der Waals surface area contributed by atoms with Crippen molar-refractivity contribution in [3.05, 3.63) is 38.8 Å². The zero-order valence-corrected chi connectivity index (χ0v) is 14.5. The SMILES string of the molecule is Cc1n[nH]c(C)c1CCN(C)Cc1ccc([C@H]2CCCO2)s1. The van der Waals surface area contributed by atoms with E-state index in [1.807, 2.05) is 11.3 Å². The van der Waals surface area contributed by atoms with Gasteiger partial charge in [-0.25, -0.2) is 0 Å². The fraction of sp³-hybridized carbons (Fsp3) is 0.588. The summed E-state index contributed by atoms with van der Waals surface area (Å²) >= 11 is 1.90. The molecule has 3 rings (SSSR count). The van der Waals surface area contributed by atoms with Gasteiger partial charge < -0.3 is 9.64 Å². The van der Waals surface area contributed by atoms with E-state index >= 15 is 0 Å². The quantitative estimate of drug-likeness (QED) is 0.884. The molecule has 1 N–H and O–H groups in total. The molecule has 0 aliphatic carbocycles. The Morgan fingerprint density at radius 2 is 2.27 bits per heavy atom. The zero-order valence-electron chi connectivity index (χ0n) is 13.7. The van der Waals surface area contributed by atoms with Crippen LogP contribution in [0.2, 0.25) is 0 Å². The van der Waals surface area contributed by atoms with E-state index in [9.17, 15) is 0 Å². The molecule has 2 aromatic heterocycles. The Labute approximate surface area is 136 Å². The van der Waals surface area contributed by atoms with Crippen LogP contribution in [0.1, 0.15) is 45.7 Å². The predicted octanol–water partition coefficient (Wildman–Crippen LogP) is 3.61. The Morgan fingerprint density at radius 3 is 2.95 bits per heavy atom. The molecule has 1 aliphatic heterocycles. The number of nitrogens with one attached hydrogen (secondary N) is 1. The molecule has 4 nitrogen and oxygen atoms in total. The number of likely N-dealkylation sites (N-methyl/N-ethyl adjacent to an activating group) is 1. The fourth-order valence-corrected chi connectivity index (χ4v) is 4.22. The normalized spacial score (nSPS) is 18.5. The van der Waals surface area contributed by atoms with Crippen molar-refractivity contribution >= 4 is 11.3 Å². The largest absolute Gasteiger partial charge is 0.373 e. The minimum absolute atomic E-state index is 0.347. The van der Waals surface area contributed by atoms with E-state index in [1.54, 1.807) is 0 Å². The highest BCUT2D eigenvalue weighted by Gasteiger charge is 2.19. The van der Waals surface area contributed by atoms with Crippen LogP contribution < -0.4 is 0 Å². The fourth-order valence-electron chi connectivity index (χ4n) is 3.04. The van der Waals surface area contributed by atoms with Crippen molar-refractivity contribution in [2.24, 2.45) is 0 Å². The molecular formula is C17H25N3OS. The summed E-state index contributed by atoms with van der Waals surface area (Å²) in [5, 5.41) is 7.33. The van der Waals surface area contributed by atoms with E-state index in [2.05, 4.69) is 48.1 Å². The molecule has 2 aromatic rings. The van der Waals surface area contributed by atoms with E-state index in [0.29, 0.717) is 6.10 Å². The maximum atomic E-state index is 5.77. The van der Waals surface area contributed by atoms with Crippen molar-refractivity contribution in [2.45, 2.75) is 45.8 Å². The number of rotatable bonds is 6. The standard InChI is InChI=1S/C17H25N3OS/c1-12-15(13(2)19-18-12)8-9-20(3)11-14-6-7-17(22-14)16-5-4-10-21-16/h6-7,16H,4-5,8-11H2,1-3H3,(H,18,19)/t16-/m1/s1. The molecule has 22 heavy (non-hydrogen) atoms. The molecule has 1 fully saturated rings. The van der Waals surface area contributed by atoms with Crippen molar-refractivity contribution in [1.82, 2.24) is 15.1 Å². The number of nitrogens with zero attached hydrogens (tertiary/aromatic N) is 2. The van der Waals surface area contributed by atoms with E-state index in [-0.39, 0.29) is 0 Å². The summed E-state index contributed by atoms with van der Waals surface area (Å²) in [7, 11) is 2.19. The Bertz CT molecular complexity index is 594. The molecule has 0 spiro atoms. The van der Waals surface area contributed by atoms with Crippen LogP contribution in [0.4, 0.5) is 0 Å². The lowest BCUT2D eigenvalue weighted by Crippen LogP contribution is -2.20. The predicted molar refractivity (Wildman–Crippen MR) is 90.3 cm³/mol. The van der Waals surface area contributed by atoms with Crippen LogP contribution >= 0.6 is 11.3 Å². The summed E-state index contributed by atoms with van der Waals surface area (Å²) in [5.41, 5.74) is 3.68. The van der Waals surface area contributed by atoms with Gasteiger partial charge >= 0.3 is 0 Å². The van der Waals surface area contributed by atoms with Crippen LogP contribution in [-0.4, -0.2) is 35.3 Å². The summed E-state index contributed by atoms with van der Waals surface area (Å²) in [6.07, 6.45) is 3.77. The molecule has 0 saturated carbocycles. The molecular weight excluding hydrogens is 294 g/mol. The van der Waals surface area contributed by atoms with Crippen LogP contribution in [0.25, 0.3) is 0 Å². The minimum Gasteiger partial charge on any atom is -0.373 e. The van der Waals surface area contributed by atoms with Crippen LogP contribution in [0.5, 0.6) is 0 Å². The molecule has 0 radical (unpaired) electrons. The lowest BCUT2D eigenvalue weighted by molar-refractivity contribution is 0.114. The van der Waals surface area contributed by atoms with Crippen molar-refractivity contribution < 1.29 is 4.74 Å². The lowest BCUT2D eigenvalue weighted by atomic mass is 10.1. The number of hydrogen-bond donors (Lipinski definition) is 1. The monoisotopic (exact) mass is 319 g/mol. The number of H-pyrrole nitrogens is 1. The smallest absolute Gasteiger partial charge is 0.0917 e. The molecule has 0 amide bonds. The molecule has 0 aromatic carbocycles. The van der Waals surface area contributed by atoms with Gasteiger partial charge in [0.1, 0.15) is 0 Å². The number of hydrogen-bond acceptors (Lipinski definition) is 4. The highest BCUT2D eigenvalue weighted by atomic mass is 32.1. The first kappa shape index (κ1) is 15.7. The van der Waals surface area contributed by atoms with E-state index in [4.69, 9.17) is 4.74 Å². The number of aryl methyl sites for hydroxylation is 2. The first-order valence-corrected chi connectivity index (χ1v) is 8.84. The van der Waals surface area contributed by atoms with Gasteiger partial charge in [0.05, 0.1) is 11.8 Å². The lowest BCUT2D eigenvalue weighted by Gasteiger charge is -2.15. The second-order valence-corrected chi connectivity index (χ2v) is 7.41. The summed E-state index contributed by atoms with van der Waals surface area (Å²) in [4.78, 5) is 5.20. The van der Waals surface area contributed by atoms with E-state index in [1.165, 1.54) is 33.9 Å². The first-order chi connectivity index (χ1) is 10.6. The molecule has 5 heteroatoms. The van der Waals surface area contributed by atoms with Crippen LogP contribution in [-0.2, 0) is 17.7 Å². The van der Waals surface area contributed by atoms with E-state index in [0.717, 1.165) is 31.8 Å². The van der Waals surface area contributed by atoms with Gasteiger partial charge in [-0.05, 0) is 57.9 Å². The van der Waals surface area contributed by atoms with Crippen LogP contribution in [0, 0.1) is 13.8 Å². The third-order valence-electron chi connectivity index (χ3n) is 4.38. The highest BCUT2D eigenvalue weighted by Crippen LogP contribution is 2.33. The Kier molecular flexibility index (Phi) is 4.96. The van der Waals surface area contributed by atoms with Crippen molar-refractivity contribution in [1.29, 1.82) is 0 Å². The van der Waals surface area contributed by atoms with Gasteiger partial charge in [0, 0.05) is 35.1 Å². The maximum Gasteiger partial charge on any atom is 0.0917 e. The molecule has 0 bridgehead atoms. The molecule has 120 valence electrons. The topological polar surface area (TPSA) is 41.2 Å². The molecule has 3 heterocycles. The van der Waals surface area contributed by atoms with Crippen LogP contribution in [0.15, 0.2) is 12.1 Å². The molecule has 0 unspecified atom stereocenters. The Morgan fingerprint density at radius 1 is 1.41 bits per heavy atom. The highest BCUT2D eigenvalue weighted by molar-refractivity contribution is 7.12. The Balaban J connectivity index is 1.52.